The van der Waals surface area contributed by atoms with Gasteiger partial charge in [0.05, 0.1) is 0 Å². The van der Waals surface area contributed by atoms with Gasteiger partial charge >= 0.3 is 23.9 Å². The largest absolute Gasteiger partial charge is 0.460 e. The summed E-state index contributed by atoms with van der Waals surface area (Å²) >= 11 is 0. The molecule has 0 atom stereocenters. The van der Waals surface area contributed by atoms with Crippen molar-refractivity contribution in [2.45, 2.75) is 26.1 Å². The zero-order chi connectivity index (χ0) is 17.9. The van der Waals surface area contributed by atoms with Crippen LogP contribution in [0.3, 0.4) is 0 Å². The van der Waals surface area contributed by atoms with Crippen molar-refractivity contribution >= 4 is 23.9 Å². The van der Waals surface area contributed by atoms with E-state index >= 15 is 0 Å². The maximum absolute atomic E-state index is 11.8. The summed E-state index contributed by atoms with van der Waals surface area (Å²) in [6.07, 6.45) is -3.11. The predicted octanol–water partition coefficient (Wildman–Crippen LogP) is -1.02. The van der Waals surface area contributed by atoms with Gasteiger partial charge in [-0.15, -0.1) is 0 Å². The number of ether oxygens (including phenoxy) is 6. The zero-order valence-corrected chi connectivity index (χ0v) is 13.5. The van der Waals surface area contributed by atoms with Crippen LogP contribution in [0.2, 0.25) is 0 Å². The molecule has 24 heavy (non-hydrogen) atoms. The van der Waals surface area contributed by atoms with Gasteiger partial charge in [0, 0.05) is 13.2 Å². The van der Waals surface area contributed by atoms with Crippen LogP contribution in [0.15, 0.2) is 0 Å². The third-order valence-electron chi connectivity index (χ3n) is 2.67. The summed E-state index contributed by atoms with van der Waals surface area (Å²) < 4.78 is 29.1. The van der Waals surface area contributed by atoms with E-state index < -0.39 is 36.1 Å². The molecule has 0 N–H and O–H groups in total. The van der Waals surface area contributed by atoms with E-state index in [0.29, 0.717) is 0 Å². The lowest BCUT2D eigenvalue weighted by molar-refractivity contribution is -0.183. The number of esters is 4. The van der Waals surface area contributed by atoms with Crippen molar-refractivity contribution in [3.8, 4) is 0 Å². The summed E-state index contributed by atoms with van der Waals surface area (Å²) in [7, 11) is 0. The summed E-state index contributed by atoms with van der Waals surface area (Å²) in [5, 5.41) is 0. The second-order valence-electron chi connectivity index (χ2n) is 4.34. The molecule has 0 radical (unpaired) electrons. The van der Waals surface area contributed by atoms with E-state index in [1.807, 2.05) is 0 Å². The van der Waals surface area contributed by atoms with Crippen molar-refractivity contribution in [3.63, 3.8) is 0 Å². The standard InChI is InChI=1S/C14H20O10/c1-3-19-9-11(15)21-5-7-23-13(17)10(20-4-2)14(18)24-8-6-22-12(9)16/h9-10H,3-8H2,1-2H3. The Balaban J connectivity index is 2.76. The quantitative estimate of drug-likeness (QED) is 0.354. The van der Waals surface area contributed by atoms with Gasteiger partial charge in [-0.3, -0.25) is 0 Å². The van der Waals surface area contributed by atoms with Crippen molar-refractivity contribution in [3.05, 3.63) is 0 Å². The molecule has 0 aromatic heterocycles. The third kappa shape index (κ3) is 6.13. The molecule has 0 amide bonds. The van der Waals surface area contributed by atoms with Crippen molar-refractivity contribution in [1.29, 1.82) is 0 Å². The predicted molar refractivity (Wildman–Crippen MR) is 74.7 cm³/mol. The SMILES string of the molecule is CCOC1C(=O)OCCOC(=O)C(OCC)C(=O)OCCOC1=O. The molecule has 0 unspecified atom stereocenters. The first-order valence-corrected chi connectivity index (χ1v) is 7.41. The first kappa shape index (κ1) is 19.8. The van der Waals surface area contributed by atoms with Crippen LogP contribution < -0.4 is 0 Å². The summed E-state index contributed by atoms with van der Waals surface area (Å²) in [6.45, 7) is 2.03. The number of hydrogen-bond donors (Lipinski definition) is 0. The third-order valence-corrected chi connectivity index (χ3v) is 2.67. The Labute approximate surface area is 138 Å². The molecule has 0 saturated carbocycles. The molecule has 0 bridgehead atoms. The maximum Gasteiger partial charge on any atom is 0.347 e. The highest BCUT2D eigenvalue weighted by Crippen LogP contribution is 2.04. The van der Waals surface area contributed by atoms with Gasteiger partial charge in [0.15, 0.2) is 0 Å². The smallest absolute Gasteiger partial charge is 0.347 e. The minimum absolute atomic E-state index is 0.0782. The Morgan fingerprint density at radius 1 is 0.667 bits per heavy atom. The van der Waals surface area contributed by atoms with Gasteiger partial charge in [0.2, 0.25) is 0 Å². The summed E-state index contributed by atoms with van der Waals surface area (Å²) in [5.74, 6) is -3.86. The number of cyclic esters (lactones) is 4. The molecular weight excluding hydrogens is 328 g/mol. The lowest BCUT2D eigenvalue weighted by Crippen LogP contribution is -2.40. The second kappa shape index (κ2) is 10.6. The molecule has 1 aliphatic heterocycles. The van der Waals surface area contributed by atoms with Gasteiger partial charge in [0.1, 0.15) is 26.4 Å². The highest BCUT2D eigenvalue weighted by Gasteiger charge is 2.33. The van der Waals surface area contributed by atoms with Gasteiger partial charge in [-0.25, -0.2) is 19.2 Å². The van der Waals surface area contributed by atoms with E-state index in [4.69, 9.17) is 28.4 Å². The zero-order valence-electron chi connectivity index (χ0n) is 13.5. The highest BCUT2D eigenvalue weighted by molar-refractivity contribution is 5.98. The molecule has 0 aromatic rings. The molecule has 10 heteroatoms. The Hall–Kier alpha value is -2.20. The molecule has 1 heterocycles. The molecule has 1 rings (SSSR count). The molecule has 0 aromatic carbocycles. The van der Waals surface area contributed by atoms with Gasteiger partial charge in [0.25, 0.3) is 12.2 Å². The first-order valence-electron chi connectivity index (χ1n) is 7.41. The molecule has 1 saturated heterocycles. The Kier molecular flexibility index (Phi) is 8.72. The fourth-order valence-corrected chi connectivity index (χ4v) is 1.67. The number of carbonyl (C=O) groups excluding carboxylic acids is 4. The van der Waals surface area contributed by atoms with Crippen molar-refractivity contribution in [2.75, 3.05) is 39.6 Å². The minimum atomic E-state index is -1.56. The van der Waals surface area contributed by atoms with Gasteiger partial charge in [-0.05, 0) is 13.8 Å². The van der Waals surface area contributed by atoms with Crippen LogP contribution in [0.1, 0.15) is 13.8 Å². The first-order chi connectivity index (χ1) is 11.5. The molecule has 1 fully saturated rings. The van der Waals surface area contributed by atoms with Crippen LogP contribution in [-0.4, -0.2) is 75.7 Å². The van der Waals surface area contributed by atoms with Crippen LogP contribution in [0.4, 0.5) is 0 Å². The van der Waals surface area contributed by atoms with Gasteiger partial charge in [-0.2, -0.15) is 0 Å². The van der Waals surface area contributed by atoms with E-state index in [1.165, 1.54) is 0 Å². The fraction of sp³-hybridized carbons (Fsp3) is 0.714. The topological polar surface area (TPSA) is 124 Å². The van der Waals surface area contributed by atoms with Gasteiger partial charge in [-0.1, -0.05) is 0 Å². The maximum atomic E-state index is 11.8. The van der Waals surface area contributed by atoms with Gasteiger partial charge < -0.3 is 28.4 Å². The van der Waals surface area contributed by atoms with Crippen LogP contribution >= 0.6 is 0 Å². The van der Waals surface area contributed by atoms with Crippen LogP contribution in [0.5, 0.6) is 0 Å². The van der Waals surface area contributed by atoms with E-state index in [1.54, 1.807) is 13.8 Å². The van der Waals surface area contributed by atoms with Crippen LogP contribution in [0.25, 0.3) is 0 Å². The number of hydrogen-bond acceptors (Lipinski definition) is 10. The molecule has 136 valence electrons. The summed E-state index contributed by atoms with van der Waals surface area (Å²) in [5.41, 5.74) is 0. The molecule has 10 nitrogen and oxygen atoms in total. The van der Waals surface area contributed by atoms with E-state index in [0.717, 1.165) is 0 Å². The van der Waals surface area contributed by atoms with Crippen LogP contribution in [-0.2, 0) is 47.6 Å². The van der Waals surface area contributed by atoms with E-state index in [-0.39, 0.29) is 39.6 Å². The van der Waals surface area contributed by atoms with E-state index in [2.05, 4.69) is 0 Å². The fourth-order valence-electron chi connectivity index (χ4n) is 1.67. The van der Waals surface area contributed by atoms with Crippen LogP contribution in [0, 0.1) is 0 Å². The lowest BCUT2D eigenvalue weighted by Gasteiger charge is -2.18. The summed E-state index contributed by atoms with van der Waals surface area (Å²) in [4.78, 5) is 47.1. The number of rotatable bonds is 4. The second-order valence-corrected chi connectivity index (χ2v) is 4.34. The Bertz CT molecular complexity index is 382. The lowest BCUT2D eigenvalue weighted by atomic mass is 10.3. The highest BCUT2D eigenvalue weighted by atomic mass is 16.6. The summed E-state index contributed by atoms with van der Waals surface area (Å²) in [6, 6.07) is 0. The molecule has 0 spiro atoms. The van der Waals surface area contributed by atoms with Crippen molar-refractivity contribution in [2.24, 2.45) is 0 Å². The Morgan fingerprint density at radius 2 is 0.917 bits per heavy atom. The van der Waals surface area contributed by atoms with Crippen molar-refractivity contribution in [1.82, 2.24) is 0 Å². The molecule has 0 aliphatic carbocycles. The number of carbonyl (C=O) groups is 4. The molecular formula is C14H20O10. The minimum Gasteiger partial charge on any atom is -0.460 e. The van der Waals surface area contributed by atoms with Crippen molar-refractivity contribution < 1.29 is 47.6 Å². The van der Waals surface area contributed by atoms with E-state index in [9.17, 15) is 19.2 Å². The normalized spacial score (nSPS) is 24.2. The average molecular weight is 348 g/mol. The Morgan fingerprint density at radius 3 is 1.12 bits per heavy atom. The average Bonchev–Trinajstić information content (AvgIpc) is 2.56. The monoisotopic (exact) mass is 348 g/mol. The molecule has 1 aliphatic rings.